The predicted molar refractivity (Wildman–Crippen MR) is 72.5 cm³/mol. The van der Waals surface area contributed by atoms with Crippen molar-refractivity contribution in [2.75, 3.05) is 0 Å². The highest BCUT2D eigenvalue weighted by molar-refractivity contribution is 6.61. The van der Waals surface area contributed by atoms with Crippen molar-refractivity contribution in [1.29, 1.82) is 0 Å². The van der Waals surface area contributed by atoms with Crippen LogP contribution in [0, 0.1) is 0 Å². The second kappa shape index (κ2) is 4.61. The summed E-state index contributed by atoms with van der Waals surface area (Å²) in [5, 5.41) is 0. The maximum Gasteiger partial charge on any atom is 0.512 e. The zero-order chi connectivity index (χ0) is 14.3. The second-order valence-corrected chi connectivity index (χ2v) is 5.72. The van der Waals surface area contributed by atoms with E-state index in [0.29, 0.717) is 11.2 Å². The van der Waals surface area contributed by atoms with Gasteiger partial charge in [-0.3, -0.25) is 4.79 Å². The van der Waals surface area contributed by atoms with E-state index in [-0.39, 0.29) is 12.0 Å². The van der Waals surface area contributed by atoms with Crippen LogP contribution in [-0.2, 0) is 20.5 Å². The molecule has 2 rings (SSSR count). The van der Waals surface area contributed by atoms with Crippen LogP contribution in [0.4, 0.5) is 0 Å². The molecule has 0 aliphatic carbocycles. The van der Waals surface area contributed by atoms with Gasteiger partial charge in [-0.15, -0.1) is 0 Å². The number of aromatic amines is 1. The van der Waals surface area contributed by atoms with Crippen LogP contribution in [0.25, 0.3) is 0 Å². The minimum absolute atomic E-state index is 0.218. The summed E-state index contributed by atoms with van der Waals surface area (Å²) < 4.78 is 11.8. The van der Waals surface area contributed by atoms with Crippen LogP contribution in [-0.4, -0.2) is 29.6 Å². The molecule has 1 saturated heterocycles. The molecule has 5 nitrogen and oxygen atoms in total. The number of hydrogen-bond donors (Lipinski definition) is 1. The number of rotatable bonds is 3. The molecular formula is C13H18BNO4. The van der Waals surface area contributed by atoms with Gasteiger partial charge < -0.3 is 19.1 Å². The molecule has 0 spiro atoms. The molecule has 1 N–H and O–H groups in total. The molecule has 0 unspecified atom stereocenters. The van der Waals surface area contributed by atoms with Gasteiger partial charge in [0.1, 0.15) is 6.29 Å². The summed E-state index contributed by atoms with van der Waals surface area (Å²) in [6.07, 6.45) is 1.01. The lowest BCUT2D eigenvalue weighted by Gasteiger charge is -2.32. The zero-order valence-corrected chi connectivity index (χ0v) is 11.6. The summed E-state index contributed by atoms with van der Waals surface area (Å²) in [7, 11) is -0.658. The van der Waals surface area contributed by atoms with Crippen molar-refractivity contribution in [1.82, 2.24) is 4.98 Å². The lowest BCUT2D eigenvalue weighted by atomic mass is 9.80. The molecule has 1 fully saturated rings. The van der Waals surface area contributed by atoms with E-state index in [1.165, 1.54) is 6.07 Å². The predicted octanol–water partition coefficient (Wildman–Crippen LogP) is 0.415. The Hall–Kier alpha value is -1.40. The van der Waals surface area contributed by atoms with Gasteiger partial charge in [0.25, 0.3) is 0 Å². The first-order chi connectivity index (χ1) is 8.77. The van der Waals surface area contributed by atoms with E-state index in [1.807, 2.05) is 27.7 Å². The molecule has 1 aliphatic heterocycles. The minimum atomic E-state index is -0.658. The number of nitrogens with one attached hydrogen (secondary N) is 1. The molecule has 0 amide bonds. The Morgan fingerprint density at radius 2 is 1.79 bits per heavy atom. The van der Waals surface area contributed by atoms with Crippen molar-refractivity contribution in [3.8, 4) is 0 Å². The van der Waals surface area contributed by atoms with Gasteiger partial charge in [-0.2, -0.15) is 0 Å². The van der Waals surface area contributed by atoms with E-state index >= 15 is 0 Å². The number of H-pyrrole nitrogens is 1. The number of hydrogen-bond acceptors (Lipinski definition) is 4. The van der Waals surface area contributed by atoms with Gasteiger partial charge in [-0.05, 0) is 33.3 Å². The van der Waals surface area contributed by atoms with E-state index in [2.05, 4.69) is 4.98 Å². The lowest BCUT2D eigenvalue weighted by Crippen LogP contribution is -2.41. The van der Waals surface area contributed by atoms with Crippen LogP contribution < -0.4 is 11.2 Å². The van der Waals surface area contributed by atoms with E-state index in [4.69, 9.17) is 9.31 Å². The van der Waals surface area contributed by atoms with Gasteiger partial charge in [0.15, 0.2) is 0 Å². The van der Waals surface area contributed by atoms with Crippen molar-refractivity contribution in [3.63, 3.8) is 0 Å². The minimum Gasteiger partial charge on any atom is -0.398 e. The van der Waals surface area contributed by atoms with Gasteiger partial charge in [0.2, 0.25) is 5.56 Å². The lowest BCUT2D eigenvalue weighted by molar-refractivity contribution is -0.107. The Balaban J connectivity index is 2.41. The quantitative estimate of drug-likeness (QED) is 0.633. The standard InChI is InChI=1S/C13H18BNO4/c1-12(2)13(3,4)19-14(18-12)11-9(7-8-16)5-6-10(17)15-11/h5-6,8H,7H2,1-4H3,(H,15,17). The first-order valence-corrected chi connectivity index (χ1v) is 6.28. The highest BCUT2D eigenvalue weighted by Gasteiger charge is 2.52. The van der Waals surface area contributed by atoms with Gasteiger partial charge in [0.05, 0.1) is 16.8 Å². The third-order valence-corrected chi connectivity index (χ3v) is 3.83. The maximum absolute atomic E-state index is 11.5. The fourth-order valence-electron chi connectivity index (χ4n) is 1.96. The fraction of sp³-hybridized carbons (Fsp3) is 0.538. The summed E-state index contributed by atoms with van der Waals surface area (Å²) in [6, 6.07) is 3.03. The number of aromatic nitrogens is 1. The number of carbonyl (C=O) groups is 1. The average molecular weight is 263 g/mol. The van der Waals surface area contributed by atoms with E-state index < -0.39 is 18.3 Å². The molecule has 102 valence electrons. The highest BCUT2D eigenvalue weighted by Crippen LogP contribution is 2.36. The Bertz CT molecular complexity index is 534. The molecule has 1 aromatic rings. The van der Waals surface area contributed by atoms with Crippen molar-refractivity contribution in [2.24, 2.45) is 0 Å². The van der Waals surface area contributed by atoms with Gasteiger partial charge in [-0.25, -0.2) is 0 Å². The van der Waals surface area contributed by atoms with E-state index in [0.717, 1.165) is 6.29 Å². The SMILES string of the molecule is CC1(C)OB(c2[nH]c(=O)ccc2CC=O)OC1(C)C. The molecule has 1 aliphatic rings. The Morgan fingerprint density at radius 3 is 2.32 bits per heavy atom. The van der Waals surface area contributed by atoms with Gasteiger partial charge in [0, 0.05) is 12.5 Å². The molecule has 0 radical (unpaired) electrons. The Kier molecular flexibility index (Phi) is 3.41. The van der Waals surface area contributed by atoms with Crippen molar-refractivity contribution in [3.05, 3.63) is 28.0 Å². The first-order valence-electron chi connectivity index (χ1n) is 6.28. The molecule has 0 saturated carbocycles. The van der Waals surface area contributed by atoms with E-state index in [1.54, 1.807) is 6.07 Å². The highest BCUT2D eigenvalue weighted by atomic mass is 16.7. The smallest absolute Gasteiger partial charge is 0.398 e. The van der Waals surface area contributed by atoms with Gasteiger partial charge in [-0.1, -0.05) is 6.07 Å². The fourth-order valence-corrected chi connectivity index (χ4v) is 1.96. The summed E-state index contributed by atoms with van der Waals surface area (Å²) in [4.78, 5) is 24.9. The Morgan fingerprint density at radius 1 is 1.21 bits per heavy atom. The summed E-state index contributed by atoms with van der Waals surface area (Å²) >= 11 is 0. The first kappa shape index (κ1) is 14.0. The number of carbonyl (C=O) groups excluding carboxylic acids is 1. The average Bonchev–Trinajstić information content (AvgIpc) is 2.51. The third kappa shape index (κ3) is 2.50. The Labute approximate surface area is 112 Å². The van der Waals surface area contributed by atoms with Gasteiger partial charge >= 0.3 is 7.12 Å². The zero-order valence-electron chi connectivity index (χ0n) is 11.6. The van der Waals surface area contributed by atoms with Crippen LogP contribution in [0.3, 0.4) is 0 Å². The molecular weight excluding hydrogens is 245 g/mol. The summed E-state index contributed by atoms with van der Waals surface area (Å²) in [6.45, 7) is 7.75. The summed E-state index contributed by atoms with van der Waals surface area (Å²) in [5.74, 6) is 0. The molecule has 1 aromatic heterocycles. The molecule has 19 heavy (non-hydrogen) atoms. The second-order valence-electron chi connectivity index (χ2n) is 5.72. The largest absolute Gasteiger partial charge is 0.512 e. The molecule has 0 atom stereocenters. The molecule has 2 heterocycles. The van der Waals surface area contributed by atoms with Crippen molar-refractivity contribution >= 4 is 19.0 Å². The van der Waals surface area contributed by atoms with Crippen LogP contribution in [0.5, 0.6) is 0 Å². The molecule has 0 aromatic carbocycles. The number of pyridine rings is 1. The van der Waals surface area contributed by atoms with Crippen LogP contribution in [0.15, 0.2) is 16.9 Å². The normalized spacial score (nSPS) is 20.5. The summed E-state index contributed by atoms with van der Waals surface area (Å²) in [5.41, 5.74) is 0.0387. The topological polar surface area (TPSA) is 68.4 Å². The van der Waals surface area contributed by atoms with Crippen molar-refractivity contribution in [2.45, 2.75) is 45.3 Å². The van der Waals surface area contributed by atoms with E-state index in [9.17, 15) is 9.59 Å². The van der Waals surface area contributed by atoms with Crippen molar-refractivity contribution < 1.29 is 14.1 Å². The van der Waals surface area contributed by atoms with Crippen LogP contribution in [0.1, 0.15) is 33.3 Å². The van der Waals surface area contributed by atoms with Crippen LogP contribution >= 0.6 is 0 Å². The third-order valence-electron chi connectivity index (χ3n) is 3.83. The monoisotopic (exact) mass is 263 g/mol. The maximum atomic E-state index is 11.5. The number of aldehydes is 1. The molecule has 6 heteroatoms. The molecule has 0 bridgehead atoms. The van der Waals surface area contributed by atoms with Crippen LogP contribution in [0.2, 0.25) is 0 Å².